The van der Waals surface area contributed by atoms with Crippen LogP contribution in [-0.2, 0) is 13.1 Å². The number of nitrogens with zero attached hydrogens (tertiary/aromatic N) is 5. The molecule has 0 saturated carbocycles. The molecule has 2 rings (SSSR count). The molecule has 0 spiro atoms. The predicted octanol–water partition coefficient (Wildman–Crippen LogP) is 2.11. The first kappa shape index (κ1) is 18.2. The molecule has 0 amide bonds. The molecule has 1 saturated heterocycles. The molecule has 2 heterocycles. The third-order valence-corrected chi connectivity index (χ3v) is 4.79. The van der Waals surface area contributed by atoms with Crippen LogP contribution in [0.3, 0.4) is 0 Å². The largest absolute Gasteiger partial charge is 0.349 e. The van der Waals surface area contributed by atoms with E-state index < -0.39 is 0 Å². The van der Waals surface area contributed by atoms with Gasteiger partial charge in [-0.3, -0.25) is 4.99 Å². The van der Waals surface area contributed by atoms with E-state index in [-0.39, 0.29) is 29.5 Å². The van der Waals surface area contributed by atoms with Crippen molar-refractivity contribution in [3.63, 3.8) is 0 Å². The van der Waals surface area contributed by atoms with Gasteiger partial charge in [-0.05, 0) is 20.8 Å². The van der Waals surface area contributed by atoms with Crippen molar-refractivity contribution in [3.05, 3.63) is 12.2 Å². The summed E-state index contributed by atoms with van der Waals surface area (Å²) in [5, 5.41) is 11.5. The second kappa shape index (κ2) is 6.50. The molecule has 0 radical (unpaired) electrons. The highest BCUT2D eigenvalue weighted by Gasteiger charge is 2.53. The Balaban J connectivity index is 0.00000220. The predicted molar refractivity (Wildman–Crippen MR) is 95.9 cm³/mol. The maximum absolute atomic E-state index is 4.40. The number of aromatic nitrogens is 3. The van der Waals surface area contributed by atoms with Crippen molar-refractivity contribution in [1.82, 2.24) is 25.0 Å². The van der Waals surface area contributed by atoms with Crippen LogP contribution in [0.4, 0.5) is 0 Å². The molecule has 6 nitrogen and oxygen atoms in total. The van der Waals surface area contributed by atoms with Crippen LogP contribution in [0.2, 0.25) is 0 Å². The van der Waals surface area contributed by atoms with Gasteiger partial charge in [0.25, 0.3) is 0 Å². The molecule has 1 fully saturated rings. The molecular formula is C14H27IN6. The molecule has 7 heteroatoms. The van der Waals surface area contributed by atoms with Crippen molar-refractivity contribution < 1.29 is 0 Å². The SMILES string of the molecule is CCn1cnnc1CNC(=NC)N1CC(C)(C)C1(C)C.I. The summed E-state index contributed by atoms with van der Waals surface area (Å²) in [4.78, 5) is 6.72. The van der Waals surface area contributed by atoms with Crippen LogP contribution in [0, 0.1) is 5.41 Å². The number of aryl methyl sites for hydroxylation is 1. The first-order valence-corrected chi connectivity index (χ1v) is 7.18. The lowest BCUT2D eigenvalue weighted by atomic mass is 9.65. The molecule has 1 aromatic rings. The quantitative estimate of drug-likeness (QED) is 0.475. The average molecular weight is 406 g/mol. The van der Waals surface area contributed by atoms with Crippen molar-refractivity contribution in [2.24, 2.45) is 10.4 Å². The molecule has 0 atom stereocenters. The Kier molecular flexibility index (Phi) is 5.63. The minimum atomic E-state index is 0. The molecule has 0 aromatic carbocycles. The molecule has 1 aliphatic rings. The molecule has 0 bridgehead atoms. The van der Waals surface area contributed by atoms with Crippen LogP contribution in [-0.4, -0.2) is 44.8 Å². The molecule has 21 heavy (non-hydrogen) atoms. The van der Waals surface area contributed by atoms with Crippen molar-refractivity contribution in [1.29, 1.82) is 0 Å². The van der Waals surface area contributed by atoms with Gasteiger partial charge >= 0.3 is 0 Å². The highest BCUT2D eigenvalue weighted by molar-refractivity contribution is 14.0. The van der Waals surface area contributed by atoms with Crippen LogP contribution >= 0.6 is 24.0 Å². The Morgan fingerprint density at radius 2 is 2.05 bits per heavy atom. The van der Waals surface area contributed by atoms with Gasteiger partial charge in [0.1, 0.15) is 6.33 Å². The lowest BCUT2D eigenvalue weighted by Crippen LogP contribution is -2.72. The fraction of sp³-hybridized carbons (Fsp3) is 0.786. The highest BCUT2D eigenvalue weighted by Crippen LogP contribution is 2.46. The van der Waals surface area contributed by atoms with E-state index >= 15 is 0 Å². The summed E-state index contributed by atoms with van der Waals surface area (Å²) in [6.45, 7) is 13.7. The molecule has 120 valence electrons. The molecule has 1 aromatic heterocycles. The van der Waals surface area contributed by atoms with Gasteiger partial charge in [-0.1, -0.05) is 13.8 Å². The Hall–Kier alpha value is -0.860. The normalized spacial score (nSPS) is 19.7. The smallest absolute Gasteiger partial charge is 0.194 e. The second-order valence-corrected chi connectivity index (χ2v) is 6.46. The van der Waals surface area contributed by atoms with Crippen molar-refractivity contribution in [3.8, 4) is 0 Å². The van der Waals surface area contributed by atoms with E-state index in [9.17, 15) is 0 Å². The summed E-state index contributed by atoms with van der Waals surface area (Å²) < 4.78 is 2.03. The Bertz CT molecular complexity index is 505. The van der Waals surface area contributed by atoms with Crippen LogP contribution in [0.15, 0.2) is 11.3 Å². The van der Waals surface area contributed by atoms with Gasteiger partial charge in [-0.15, -0.1) is 34.2 Å². The zero-order valence-corrected chi connectivity index (χ0v) is 16.2. The minimum Gasteiger partial charge on any atom is -0.349 e. The summed E-state index contributed by atoms with van der Waals surface area (Å²) in [5.41, 5.74) is 0.404. The van der Waals surface area contributed by atoms with Gasteiger partial charge in [0.15, 0.2) is 11.8 Å². The number of aliphatic imine (C=N–C) groups is 1. The highest BCUT2D eigenvalue weighted by atomic mass is 127. The maximum Gasteiger partial charge on any atom is 0.194 e. The Labute approximate surface area is 144 Å². The number of hydrogen-bond acceptors (Lipinski definition) is 3. The van der Waals surface area contributed by atoms with Crippen LogP contribution < -0.4 is 5.32 Å². The van der Waals surface area contributed by atoms with E-state index in [0.29, 0.717) is 12.0 Å². The summed E-state index contributed by atoms with van der Waals surface area (Å²) in [6, 6.07) is 0. The van der Waals surface area contributed by atoms with Crippen molar-refractivity contribution in [2.75, 3.05) is 13.6 Å². The third-order valence-electron chi connectivity index (χ3n) is 4.79. The number of hydrogen-bond donors (Lipinski definition) is 1. The van der Waals surface area contributed by atoms with E-state index in [1.54, 1.807) is 6.33 Å². The monoisotopic (exact) mass is 406 g/mol. The maximum atomic E-state index is 4.40. The van der Waals surface area contributed by atoms with Crippen molar-refractivity contribution >= 4 is 29.9 Å². The lowest BCUT2D eigenvalue weighted by molar-refractivity contribution is -0.0668. The summed E-state index contributed by atoms with van der Waals surface area (Å²) in [7, 11) is 1.83. The summed E-state index contributed by atoms with van der Waals surface area (Å²) in [6.07, 6.45) is 1.76. The molecule has 1 aliphatic heterocycles. The van der Waals surface area contributed by atoms with E-state index in [2.05, 4.69) is 60.0 Å². The van der Waals surface area contributed by atoms with Gasteiger partial charge in [-0.2, -0.15) is 0 Å². The number of halogens is 1. The number of likely N-dealkylation sites (tertiary alicyclic amines) is 1. The molecule has 0 aliphatic carbocycles. The summed E-state index contributed by atoms with van der Waals surface area (Å²) in [5.74, 6) is 1.87. The first-order valence-electron chi connectivity index (χ1n) is 7.18. The molecule has 1 N–H and O–H groups in total. The van der Waals surface area contributed by atoms with E-state index in [0.717, 1.165) is 24.9 Å². The minimum absolute atomic E-state index is 0. The molecule has 0 unspecified atom stereocenters. The molecular weight excluding hydrogens is 379 g/mol. The number of rotatable bonds is 3. The van der Waals surface area contributed by atoms with E-state index in [4.69, 9.17) is 0 Å². The average Bonchev–Trinajstić information content (AvgIpc) is 2.85. The van der Waals surface area contributed by atoms with E-state index in [1.807, 2.05) is 11.6 Å². The third kappa shape index (κ3) is 3.17. The number of guanidine groups is 1. The van der Waals surface area contributed by atoms with Crippen molar-refractivity contribution in [2.45, 2.75) is 53.2 Å². The van der Waals surface area contributed by atoms with E-state index in [1.165, 1.54) is 0 Å². The van der Waals surface area contributed by atoms with Gasteiger partial charge < -0.3 is 14.8 Å². The van der Waals surface area contributed by atoms with Crippen LogP contribution in [0.25, 0.3) is 0 Å². The van der Waals surface area contributed by atoms with Gasteiger partial charge in [0.05, 0.1) is 6.54 Å². The zero-order chi connectivity index (χ0) is 15.0. The topological polar surface area (TPSA) is 58.3 Å². The Morgan fingerprint density at radius 3 is 2.52 bits per heavy atom. The Morgan fingerprint density at radius 1 is 1.38 bits per heavy atom. The standard InChI is InChI=1S/C14H26N6.HI/c1-7-19-10-17-18-11(19)8-16-12(15-6)20-9-13(2,3)14(20,4)5;/h10H,7-9H2,1-6H3,(H,15,16);1H. The fourth-order valence-electron chi connectivity index (χ4n) is 2.53. The summed E-state index contributed by atoms with van der Waals surface area (Å²) >= 11 is 0. The second-order valence-electron chi connectivity index (χ2n) is 6.46. The van der Waals surface area contributed by atoms with Gasteiger partial charge in [0, 0.05) is 31.1 Å². The van der Waals surface area contributed by atoms with Gasteiger partial charge in [-0.25, -0.2) is 0 Å². The van der Waals surface area contributed by atoms with Crippen LogP contribution in [0.5, 0.6) is 0 Å². The fourth-order valence-corrected chi connectivity index (χ4v) is 2.53. The van der Waals surface area contributed by atoms with Crippen LogP contribution in [0.1, 0.15) is 40.4 Å². The van der Waals surface area contributed by atoms with Gasteiger partial charge in [0.2, 0.25) is 0 Å². The number of nitrogens with one attached hydrogen (secondary N) is 1. The lowest BCUT2D eigenvalue weighted by Gasteiger charge is -2.62. The zero-order valence-electron chi connectivity index (χ0n) is 13.8. The first-order chi connectivity index (χ1) is 9.33.